The van der Waals surface area contributed by atoms with Crippen molar-refractivity contribution in [2.45, 2.75) is 32.6 Å². The number of carbonyl (C=O) groups is 2. The molecule has 1 atom stereocenters. The van der Waals surface area contributed by atoms with Gasteiger partial charge in [-0.3, -0.25) is 4.79 Å². The summed E-state index contributed by atoms with van der Waals surface area (Å²) in [5, 5.41) is 9.53. The van der Waals surface area contributed by atoms with Gasteiger partial charge in [0, 0.05) is 37.3 Å². The molecule has 2 aliphatic heterocycles. The maximum absolute atomic E-state index is 12.7. The summed E-state index contributed by atoms with van der Waals surface area (Å²) in [6.07, 6.45) is 4.18. The average Bonchev–Trinajstić information content (AvgIpc) is 3.08. The van der Waals surface area contributed by atoms with Crippen molar-refractivity contribution in [3.63, 3.8) is 0 Å². The van der Waals surface area contributed by atoms with Gasteiger partial charge in [-0.2, -0.15) is 0 Å². The molecule has 26 heavy (non-hydrogen) atoms. The monoisotopic (exact) mass is 378 g/mol. The van der Waals surface area contributed by atoms with E-state index in [4.69, 9.17) is 11.6 Å². The molecule has 0 saturated carbocycles. The number of halogens is 1. The molecule has 3 rings (SSSR count). The molecule has 0 unspecified atom stereocenters. The van der Waals surface area contributed by atoms with Gasteiger partial charge < -0.3 is 20.9 Å². The van der Waals surface area contributed by atoms with E-state index in [9.17, 15) is 9.59 Å². The highest BCUT2D eigenvalue weighted by Gasteiger charge is 2.39. The topological polar surface area (TPSA) is 73.5 Å². The van der Waals surface area contributed by atoms with Crippen LogP contribution in [0.25, 0.3) is 0 Å². The number of hydrogen-bond acceptors (Lipinski definition) is 3. The van der Waals surface area contributed by atoms with Crippen LogP contribution in [0.3, 0.4) is 0 Å². The Bertz CT molecular complexity index is 674. The van der Waals surface area contributed by atoms with Crippen LogP contribution in [0.1, 0.15) is 43.0 Å². The molecule has 2 saturated heterocycles. The van der Waals surface area contributed by atoms with E-state index in [0.717, 1.165) is 45.4 Å². The largest absolute Gasteiger partial charge is 0.352 e. The molecular formula is C19H27ClN4O2. The standard InChI is InChI=1S/C19H27ClN4O2/c1-2-8-22-17(25)15-11-14(4-5-16(15)20)23-18(26)24-10-3-6-19(13-24)7-9-21-12-19/h4-5,11,21H,2-3,6-10,12-13H2,1H3,(H,22,25)(H,23,26)/t19-/m0/s1. The van der Waals surface area contributed by atoms with Crippen LogP contribution in [0.15, 0.2) is 18.2 Å². The third kappa shape index (κ3) is 4.30. The summed E-state index contributed by atoms with van der Waals surface area (Å²) in [5.74, 6) is -0.220. The van der Waals surface area contributed by atoms with Gasteiger partial charge in [0.2, 0.25) is 0 Å². The minimum absolute atomic E-state index is 0.113. The second-order valence-electron chi connectivity index (χ2n) is 7.33. The van der Waals surface area contributed by atoms with E-state index in [-0.39, 0.29) is 17.4 Å². The molecule has 142 valence electrons. The zero-order valence-electron chi connectivity index (χ0n) is 15.2. The van der Waals surface area contributed by atoms with Crippen LogP contribution in [0, 0.1) is 5.41 Å². The molecule has 0 aromatic heterocycles. The number of rotatable bonds is 4. The molecule has 6 nitrogen and oxygen atoms in total. The lowest BCUT2D eigenvalue weighted by atomic mass is 9.79. The third-order valence-electron chi connectivity index (χ3n) is 5.28. The summed E-state index contributed by atoms with van der Waals surface area (Å²) in [6.45, 7) is 6.15. The van der Waals surface area contributed by atoms with E-state index >= 15 is 0 Å². The smallest absolute Gasteiger partial charge is 0.321 e. The van der Waals surface area contributed by atoms with Gasteiger partial charge in [0.15, 0.2) is 0 Å². The van der Waals surface area contributed by atoms with Crippen molar-refractivity contribution in [3.8, 4) is 0 Å². The van der Waals surface area contributed by atoms with Crippen LogP contribution < -0.4 is 16.0 Å². The highest BCUT2D eigenvalue weighted by molar-refractivity contribution is 6.34. The first-order chi connectivity index (χ1) is 12.5. The number of anilines is 1. The number of nitrogens with zero attached hydrogens (tertiary/aromatic N) is 1. The third-order valence-corrected chi connectivity index (χ3v) is 5.61. The van der Waals surface area contributed by atoms with E-state index in [1.807, 2.05) is 11.8 Å². The zero-order chi connectivity index (χ0) is 18.6. The molecule has 0 radical (unpaired) electrons. The molecule has 1 aromatic rings. The van der Waals surface area contributed by atoms with E-state index in [2.05, 4.69) is 16.0 Å². The number of amides is 3. The van der Waals surface area contributed by atoms with Crippen molar-refractivity contribution in [2.24, 2.45) is 5.41 Å². The Morgan fingerprint density at radius 3 is 2.92 bits per heavy atom. The number of hydrogen-bond donors (Lipinski definition) is 3. The highest BCUT2D eigenvalue weighted by atomic mass is 35.5. The van der Waals surface area contributed by atoms with Crippen LogP contribution >= 0.6 is 11.6 Å². The van der Waals surface area contributed by atoms with E-state index < -0.39 is 0 Å². The quantitative estimate of drug-likeness (QED) is 0.753. The van der Waals surface area contributed by atoms with E-state index in [0.29, 0.717) is 22.8 Å². The summed E-state index contributed by atoms with van der Waals surface area (Å²) in [5.41, 5.74) is 1.19. The minimum atomic E-state index is -0.220. The van der Waals surface area contributed by atoms with Gasteiger partial charge in [-0.15, -0.1) is 0 Å². The highest BCUT2D eigenvalue weighted by Crippen LogP contribution is 2.35. The molecule has 2 heterocycles. The molecule has 2 fully saturated rings. The second kappa shape index (κ2) is 8.27. The van der Waals surface area contributed by atoms with E-state index in [1.54, 1.807) is 18.2 Å². The number of carbonyl (C=O) groups excluding carboxylic acids is 2. The van der Waals surface area contributed by atoms with E-state index in [1.165, 1.54) is 6.42 Å². The fraction of sp³-hybridized carbons (Fsp3) is 0.579. The van der Waals surface area contributed by atoms with Crippen molar-refractivity contribution < 1.29 is 9.59 Å². The summed E-state index contributed by atoms with van der Waals surface area (Å²) < 4.78 is 0. The Morgan fingerprint density at radius 1 is 1.35 bits per heavy atom. The maximum Gasteiger partial charge on any atom is 0.321 e. The Hall–Kier alpha value is -1.79. The molecule has 0 aliphatic carbocycles. The predicted octanol–water partition coefficient (Wildman–Crippen LogP) is 3.09. The maximum atomic E-state index is 12.7. The lowest BCUT2D eigenvalue weighted by Gasteiger charge is -2.39. The molecular weight excluding hydrogens is 352 g/mol. The van der Waals surface area contributed by atoms with Crippen LogP contribution in [-0.2, 0) is 0 Å². The molecule has 1 aromatic carbocycles. The molecule has 3 N–H and O–H groups in total. The normalized spacial score (nSPS) is 22.5. The fourth-order valence-corrected chi connectivity index (χ4v) is 4.04. The second-order valence-corrected chi connectivity index (χ2v) is 7.74. The Kier molecular flexibility index (Phi) is 6.04. The van der Waals surface area contributed by atoms with Gasteiger partial charge in [0.1, 0.15) is 0 Å². The predicted molar refractivity (Wildman–Crippen MR) is 104 cm³/mol. The zero-order valence-corrected chi connectivity index (χ0v) is 16.0. The Morgan fingerprint density at radius 2 is 2.19 bits per heavy atom. The summed E-state index contributed by atoms with van der Waals surface area (Å²) in [6, 6.07) is 4.91. The Balaban J connectivity index is 1.66. The number of piperidine rings is 1. The van der Waals surface area contributed by atoms with Gasteiger partial charge in [-0.25, -0.2) is 4.79 Å². The van der Waals surface area contributed by atoms with Gasteiger partial charge >= 0.3 is 6.03 Å². The first kappa shape index (κ1) is 19.0. The van der Waals surface area contributed by atoms with Gasteiger partial charge in [-0.05, 0) is 50.4 Å². The lowest BCUT2D eigenvalue weighted by molar-refractivity contribution is 0.0953. The van der Waals surface area contributed by atoms with Crippen LogP contribution in [0.4, 0.5) is 10.5 Å². The SMILES string of the molecule is CCCNC(=O)c1cc(NC(=O)N2CCC[C@@]3(CCNC3)C2)ccc1Cl. The van der Waals surface area contributed by atoms with Crippen molar-refractivity contribution in [2.75, 3.05) is 38.0 Å². The summed E-state index contributed by atoms with van der Waals surface area (Å²) >= 11 is 6.15. The van der Waals surface area contributed by atoms with Crippen molar-refractivity contribution in [1.82, 2.24) is 15.5 Å². The van der Waals surface area contributed by atoms with Crippen LogP contribution in [-0.4, -0.2) is 49.6 Å². The lowest BCUT2D eigenvalue weighted by Crippen LogP contribution is -2.48. The molecule has 7 heteroatoms. The molecule has 0 bridgehead atoms. The molecule has 1 spiro atoms. The minimum Gasteiger partial charge on any atom is -0.352 e. The Labute approximate surface area is 159 Å². The van der Waals surface area contributed by atoms with Crippen molar-refractivity contribution in [3.05, 3.63) is 28.8 Å². The number of likely N-dealkylation sites (tertiary alicyclic amines) is 1. The van der Waals surface area contributed by atoms with Crippen LogP contribution in [0.2, 0.25) is 5.02 Å². The summed E-state index contributed by atoms with van der Waals surface area (Å²) in [7, 11) is 0. The molecule has 2 aliphatic rings. The first-order valence-electron chi connectivity index (χ1n) is 9.37. The first-order valence-corrected chi connectivity index (χ1v) is 9.75. The van der Waals surface area contributed by atoms with Crippen LogP contribution in [0.5, 0.6) is 0 Å². The van der Waals surface area contributed by atoms with Gasteiger partial charge in [-0.1, -0.05) is 18.5 Å². The fourth-order valence-electron chi connectivity index (χ4n) is 3.84. The number of nitrogens with one attached hydrogen (secondary N) is 3. The van der Waals surface area contributed by atoms with Gasteiger partial charge in [0.05, 0.1) is 10.6 Å². The van der Waals surface area contributed by atoms with Crippen molar-refractivity contribution in [1.29, 1.82) is 0 Å². The average molecular weight is 379 g/mol. The van der Waals surface area contributed by atoms with Gasteiger partial charge in [0.25, 0.3) is 5.91 Å². The summed E-state index contributed by atoms with van der Waals surface area (Å²) in [4.78, 5) is 26.8. The number of urea groups is 1. The van der Waals surface area contributed by atoms with Crippen molar-refractivity contribution >= 4 is 29.2 Å². The number of benzene rings is 1. The molecule has 3 amide bonds.